The van der Waals surface area contributed by atoms with Crippen molar-refractivity contribution in [2.24, 2.45) is 41.4 Å². The molecule has 13 atom stereocenters. The van der Waals surface area contributed by atoms with Crippen LogP contribution in [0.2, 0.25) is 0 Å². The minimum Gasteiger partial charge on any atom is -0.390 e. The van der Waals surface area contributed by atoms with Crippen LogP contribution in [0, 0.1) is 41.4 Å². The molecular formula is C68H113F3N14O13. The van der Waals surface area contributed by atoms with E-state index in [2.05, 4.69) is 31.2 Å². The number of imidazole rings is 1. The van der Waals surface area contributed by atoms with Crippen molar-refractivity contribution in [2.45, 2.75) is 228 Å². The number of rotatable bonds is 17. The van der Waals surface area contributed by atoms with Crippen LogP contribution in [0.15, 0.2) is 18.2 Å². The molecule has 11 amide bonds. The third-order valence-electron chi connectivity index (χ3n) is 18.0. The van der Waals surface area contributed by atoms with Crippen molar-refractivity contribution in [3.8, 4) is 0 Å². The van der Waals surface area contributed by atoms with Crippen LogP contribution in [-0.2, 0) is 59.2 Å². The minimum atomic E-state index is -4.98. The summed E-state index contributed by atoms with van der Waals surface area (Å²) < 4.78 is 39.8. The predicted molar refractivity (Wildman–Crippen MR) is 364 cm³/mol. The Morgan fingerprint density at radius 2 is 0.990 bits per heavy atom. The van der Waals surface area contributed by atoms with E-state index in [1.807, 2.05) is 60.7 Å². The zero-order chi connectivity index (χ0) is 75.2. The molecule has 1 aliphatic rings. The fourth-order valence-corrected chi connectivity index (χ4v) is 12.1. The maximum Gasteiger partial charge on any atom is 0.433 e. The van der Waals surface area contributed by atoms with Gasteiger partial charge < -0.3 is 76.1 Å². The number of aromatic nitrogens is 2. The Morgan fingerprint density at radius 3 is 1.48 bits per heavy atom. The second-order valence-electron chi connectivity index (χ2n) is 29.0. The van der Waals surface area contributed by atoms with E-state index >= 15 is 19.2 Å². The van der Waals surface area contributed by atoms with Crippen LogP contribution in [0.3, 0.4) is 0 Å². The van der Waals surface area contributed by atoms with E-state index < -0.39 is 168 Å². The average molecular weight is 1390 g/mol. The van der Waals surface area contributed by atoms with Gasteiger partial charge in [-0.15, -0.1) is 0 Å². The van der Waals surface area contributed by atoms with Crippen LogP contribution in [0.4, 0.5) is 18.9 Å². The molecule has 0 saturated carbocycles. The van der Waals surface area contributed by atoms with Gasteiger partial charge in [0.05, 0.1) is 23.7 Å². The van der Waals surface area contributed by atoms with Crippen LogP contribution >= 0.6 is 0 Å². The molecule has 0 bridgehead atoms. The molecule has 1 fully saturated rings. The Kier molecular flexibility index (Phi) is 31.5. The number of nitrogens with zero attached hydrogens (tertiary/aromatic N) is 8. The van der Waals surface area contributed by atoms with Gasteiger partial charge in [-0.25, -0.2) is 4.98 Å². The van der Waals surface area contributed by atoms with E-state index in [9.17, 15) is 56.9 Å². The molecule has 0 spiro atoms. The van der Waals surface area contributed by atoms with Crippen LogP contribution in [0.5, 0.6) is 0 Å². The van der Waals surface area contributed by atoms with Gasteiger partial charge in [0.1, 0.15) is 66.2 Å². The van der Waals surface area contributed by atoms with Crippen LogP contribution < -0.4 is 26.6 Å². The number of H-pyrrole nitrogens is 1. The number of benzene rings is 1. The van der Waals surface area contributed by atoms with Crippen LogP contribution in [-0.4, -0.2) is 254 Å². The van der Waals surface area contributed by atoms with Crippen molar-refractivity contribution in [1.82, 2.24) is 65.5 Å². The van der Waals surface area contributed by atoms with E-state index in [1.54, 1.807) is 41.5 Å². The van der Waals surface area contributed by atoms with Gasteiger partial charge >= 0.3 is 6.18 Å². The molecule has 554 valence electrons. The van der Waals surface area contributed by atoms with Gasteiger partial charge in [-0.3, -0.25) is 52.7 Å². The number of hydrogen-bond donors (Lipinski definition) is 8. The number of hydrogen-bond acceptors (Lipinski definition) is 15. The van der Waals surface area contributed by atoms with Gasteiger partial charge in [-0.05, 0) is 106 Å². The summed E-state index contributed by atoms with van der Waals surface area (Å²) in [6.45, 7) is 26.7. The highest BCUT2D eigenvalue weighted by Gasteiger charge is 2.46. The van der Waals surface area contributed by atoms with Gasteiger partial charge in [0.25, 0.3) is 0 Å². The molecule has 8 N–H and O–H groups in total. The van der Waals surface area contributed by atoms with E-state index in [-0.39, 0.29) is 79.2 Å². The van der Waals surface area contributed by atoms with Crippen molar-refractivity contribution in [3.05, 3.63) is 24.0 Å². The first-order valence-electron chi connectivity index (χ1n) is 33.9. The number of amides is 11. The summed E-state index contributed by atoms with van der Waals surface area (Å²) in [5.41, 5.74) is 0.436. The Balaban J connectivity index is 2.33. The van der Waals surface area contributed by atoms with Crippen molar-refractivity contribution >= 4 is 81.7 Å². The quantitative estimate of drug-likeness (QED) is 0.105. The smallest absolute Gasteiger partial charge is 0.390 e. The molecule has 30 heteroatoms. The predicted octanol–water partition coefficient (Wildman–Crippen LogP) is 3.71. The van der Waals surface area contributed by atoms with Gasteiger partial charge in [-0.2, -0.15) is 13.2 Å². The summed E-state index contributed by atoms with van der Waals surface area (Å²) in [4.78, 5) is 178. The second-order valence-corrected chi connectivity index (χ2v) is 29.0. The molecule has 1 saturated heterocycles. The number of halogens is 3. The zero-order valence-corrected chi connectivity index (χ0v) is 61.7. The fraction of sp³-hybridized carbons (Fsp3) is 0.735. The number of aliphatic hydroxyl groups is 2. The molecule has 13 unspecified atom stereocenters. The van der Waals surface area contributed by atoms with Gasteiger partial charge in [0.15, 0.2) is 0 Å². The number of aromatic amines is 1. The van der Waals surface area contributed by atoms with E-state index in [0.29, 0.717) is 5.52 Å². The van der Waals surface area contributed by atoms with Gasteiger partial charge in [0.2, 0.25) is 71.2 Å². The van der Waals surface area contributed by atoms with Crippen molar-refractivity contribution in [1.29, 1.82) is 0 Å². The van der Waals surface area contributed by atoms with E-state index in [0.717, 1.165) is 14.7 Å². The Bertz CT molecular complexity index is 3110. The number of carbonyl (C=O) groups excluding carboxylic acids is 11. The van der Waals surface area contributed by atoms with Gasteiger partial charge in [-0.1, -0.05) is 96.9 Å². The lowest BCUT2D eigenvalue weighted by Crippen LogP contribution is -2.63. The fourth-order valence-electron chi connectivity index (χ4n) is 12.1. The SMILES string of the molecule is CCC1NC(=O)C(C(O)C(C)Cc2nc3ccc(NC(O)C(F)(F)F)cc3[nH]2)N(C)C(=O)C(C(C)C)N(C)C(=O)C(CC(C)C)N(C)C(=O)C(CC(C)C)N(C)C(=O)C(C)NC(=O)C(C)NC(=O)C(CC(C)C)N(C)C(=O)C(C(C)C)NC(=O)C(CC(C)C)N(C)C(=O)CN(C)C1=O. The minimum absolute atomic E-state index is 0.0648. The Hall–Kier alpha value is -7.63. The Morgan fingerprint density at radius 1 is 0.531 bits per heavy atom. The second kappa shape index (κ2) is 36.5. The lowest BCUT2D eigenvalue weighted by Gasteiger charge is -2.41. The molecule has 1 aliphatic heterocycles. The summed E-state index contributed by atoms with van der Waals surface area (Å²) in [7, 11) is 9.52. The van der Waals surface area contributed by atoms with Crippen molar-refractivity contribution in [2.75, 3.05) is 61.2 Å². The van der Waals surface area contributed by atoms with E-state index in [1.165, 1.54) is 101 Å². The molecule has 1 aromatic heterocycles. The summed E-state index contributed by atoms with van der Waals surface area (Å²) in [5.74, 6) is -11.1. The van der Waals surface area contributed by atoms with Crippen molar-refractivity contribution in [3.63, 3.8) is 0 Å². The maximum absolute atomic E-state index is 15.5. The van der Waals surface area contributed by atoms with Crippen LogP contribution in [0.1, 0.15) is 149 Å². The first kappa shape index (κ1) is 84.6. The lowest BCUT2D eigenvalue weighted by atomic mass is 9.91. The standard InChI is InChI=1S/C68H113F3N14O13/c1-24-44-62(93)79(17)33-52(86)80(18)47(27-34(2)3)59(90)78-53(38(10)11)65(96)81(19)48(28-35(4)5)58(89)72-41(15)57(88)73-42(16)61(92)82(20)49(29-36(6)7)63(94)83(21)50(30-37(8)9)64(95)84(22)54(39(12)13)66(97)85(23)55(60(91)77-44)56(87)40(14)31-51-75-45-26-25-43(32-46(45)76-51)74-67(98)68(69,70)71/h25-26,32,34-42,44,47-50,53-56,67,74,87,98H,24,27-31,33H2,1-23H3,(H,72,89)(H,73,88)(H,75,76)(H,77,91)(H,78,90). The van der Waals surface area contributed by atoms with Crippen molar-refractivity contribution < 1.29 is 76.1 Å². The summed E-state index contributed by atoms with van der Waals surface area (Å²) in [6, 6.07) is -9.33. The number of fused-ring (bicyclic) bond motifs is 1. The number of anilines is 1. The topological polar surface area (TPSA) is 340 Å². The number of likely N-dealkylation sites (N-methyl/N-ethyl adjacent to an activating group) is 7. The first-order chi connectivity index (χ1) is 45.2. The normalized spacial score (nSPS) is 25.4. The molecule has 1 aromatic carbocycles. The monoisotopic (exact) mass is 1390 g/mol. The number of aliphatic hydroxyl groups excluding tert-OH is 2. The van der Waals surface area contributed by atoms with Crippen LogP contribution in [0.25, 0.3) is 11.0 Å². The number of carbonyl (C=O) groups is 11. The largest absolute Gasteiger partial charge is 0.433 e. The molecule has 27 nitrogen and oxygen atoms in total. The molecule has 0 aliphatic carbocycles. The highest BCUT2D eigenvalue weighted by Crippen LogP contribution is 2.28. The number of nitrogens with one attached hydrogen (secondary N) is 6. The zero-order valence-electron chi connectivity index (χ0n) is 61.7. The summed E-state index contributed by atoms with van der Waals surface area (Å²) in [6.07, 6.45) is -9.51. The maximum atomic E-state index is 15.5. The number of alkyl halides is 3. The van der Waals surface area contributed by atoms with E-state index in [4.69, 9.17) is 0 Å². The first-order valence-corrected chi connectivity index (χ1v) is 33.9. The van der Waals surface area contributed by atoms with Gasteiger partial charge in [0, 0.05) is 61.4 Å². The lowest BCUT2D eigenvalue weighted by molar-refractivity contribution is -0.194. The molecule has 2 heterocycles. The molecule has 2 aromatic rings. The molecule has 98 heavy (non-hydrogen) atoms. The summed E-state index contributed by atoms with van der Waals surface area (Å²) in [5, 5.41) is 35.1. The molecule has 3 rings (SSSR count). The highest BCUT2D eigenvalue weighted by atomic mass is 19.4. The summed E-state index contributed by atoms with van der Waals surface area (Å²) >= 11 is 0. The Labute approximate surface area is 576 Å². The molecule has 0 radical (unpaired) electrons. The third kappa shape index (κ3) is 22.4. The average Bonchev–Trinajstić information content (AvgIpc) is 1.00. The third-order valence-corrected chi connectivity index (χ3v) is 18.0. The highest BCUT2D eigenvalue weighted by molar-refractivity contribution is 5.99. The molecular weight excluding hydrogens is 1280 g/mol.